The van der Waals surface area contributed by atoms with Crippen molar-refractivity contribution in [2.45, 2.75) is 48.8 Å². The third-order valence-corrected chi connectivity index (χ3v) is 7.21. The molecule has 3 rings (SSSR count). The van der Waals surface area contributed by atoms with Crippen LogP contribution in [0.1, 0.15) is 31.2 Å². The first-order valence-electron chi connectivity index (χ1n) is 9.26. The molecule has 0 saturated carbocycles. The zero-order valence-corrected chi connectivity index (χ0v) is 16.7. The highest BCUT2D eigenvalue weighted by atomic mass is 32.2. The number of hydrogen-bond acceptors (Lipinski definition) is 5. The van der Waals surface area contributed by atoms with Gasteiger partial charge in [0.2, 0.25) is 11.0 Å². The molecule has 0 unspecified atom stereocenters. The van der Waals surface area contributed by atoms with Crippen LogP contribution in [0.5, 0.6) is 0 Å². The van der Waals surface area contributed by atoms with E-state index >= 15 is 0 Å². The molecular weight excluding hydrogens is 382 g/mol. The highest BCUT2D eigenvalue weighted by Crippen LogP contribution is 2.33. The average molecular weight is 408 g/mol. The van der Waals surface area contributed by atoms with Gasteiger partial charge in [-0.15, -0.1) is 0 Å². The largest absolute Gasteiger partial charge is 0.348 e. The molecule has 0 bridgehead atoms. The van der Waals surface area contributed by atoms with Crippen LogP contribution in [-0.4, -0.2) is 46.7 Å². The SMILES string of the molecule is O=C(CCCC[C@@H]1SC[C@@H]2NC(=O)N[C@@H]21)NCC(=O)SCc1ccccc1. The summed E-state index contributed by atoms with van der Waals surface area (Å²) < 4.78 is 0. The van der Waals surface area contributed by atoms with Crippen LogP contribution in [0.2, 0.25) is 0 Å². The van der Waals surface area contributed by atoms with Gasteiger partial charge in [-0.25, -0.2) is 4.79 Å². The zero-order valence-electron chi connectivity index (χ0n) is 15.1. The molecule has 2 aliphatic heterocycles. The van der Waals surface area contributed by atoms with Crippen molar-refractivity contribution in [3.05, 3.63) is 35.9 Å². The highest BCUT2D eigenvalue weighted by Gasteiger charge is 2.42. The van der Waals surface area contributed by atoms with E-state index in [1.807, 2.05) is 42.1 Å². The summed E-state index contributed by atoms with van der Waals surface area (Å²) in [6.07, 6.45) is 3.17. The summed E-state index contributed by atoms with van der Waals surface area (Å²) >= 11 is 3.12. The Labute approximate surface area is 168 Å². The first-order chi connectivity index (χ1) is 13.1. The molecule has 3 atom stereocenters. The molecule has 8 heteroatoms. The Morgan fingerprint density at radius 3 is 2.81 bits per heavy atom. The number of urea groups is 1. The lowest BCUT2D eigenvalue weighted by molar-refractivity contribution is -0.123. The Morgan fingerprint density at radius 2 is 2.00 bits per heavy atom. The first-order valence-corrected chi connectivity index (χ1v) is 11.3. The van der Waals surface area contributed by atoms with Crippen LogP contribution in [0.25, 0.3) is 0 Å². The maximum atomic E-state index is 11.9. The van der Waals surface area contributed by atoms with Crippen molar-refractivity contribution in [3.63, 3.8) is 0 Å². The third kappa shape index (κ3) is 6.17. The fourth-order valence-electron chi connectivity index (χ4n) is 3.32. The molecule has 2 saturated heterocycles. The summed E-state index contributed by atoms with van der Waals surface area (Å²) in [5.41, 5.74) is 1.10. The number of benzene rings is 1. The van der Waals surface area contributed by atoms with Gasteiger partial charge in [0.25, 0.3) is 0 Å². The van der Waals surface area contributed by atoms with Crippen LogP contribution < -0.4 is 16.0 Å². The lowest BCUT2D eigenvalue weighted by Gasteiger charge is -2.16. The van der Waals surface area contributed by atoms with Gasteiger partial charge in [0.1, 0.15) is 0 Å². The van der Waals surface area contributed by atoms with Crippen LogP contribution in [0, 0.1) is 0 Å². The molecule has 2 aliphatic rings. The Morgan fingerprint density at radius 1 is 1.19 bits per heavy atom. The minimum atomic E-state index is -0.0727. The Bertz CT molecular complexity index is 671. The van der Waals surface area contributed by atoms with Gasteiger partial charge in [-0.3, -0.25) is 9.59 Å². The van der Waals surface area contributed by atoms with E-state index in [1.165, 1.54) is 11.8 Å². The maximum Gasteiger partial charge on any atom is 0.315 e. The average Bonchev–Trinajstić information content (AvgIpc) is 3.22. The predicted molar refractivity (Wildman–Crippen MR) is 110 cm³/mol. The Hall–Kier alpha value is -1.67. The van der Waals surface area contributed by atoms with Crippen molar-refractivity contribution >= 4 is 40.6 Å². The number of rotatable bonds is 9. The maximum absolute atomic E-state index is 11.9. The topological polar surface area (TPSA) is 87.3 Å². The molecule has 1 aromatic rings. The normalized spacial score (nSPS) is 23.4. The number of amides is 3. The van der Waals surface area contributed by atoms with Crippen molar-refractivity contribution in [2.24, 2.45) is 0 Å². The van der Waals surface area contributed by atoms with Crippen molar-refractivity contribution in [1.29, 1.82) is 0 Å². The van der Waals surface area contributed by atoms with Crippen LogP contribution >= 0.6 is 23.5 Å². The lowest BCUT2D eigenvalue weighted by atomic mass is 10.0. The monoisotopic (exact) mass is 407 g/mol. The van der Waals surface area contributed by atoms with Gasteiger partial charge in [0.15, 0.2) is 0 Å². The van der Waals surface area contributed by atoms with Gasteiger partial charge in [-0.05, 0) is 18.4 Å². The van der Waals surface area contributed by atoms with E-state index in [2.05, 4.69) is 16.0 Å². The van der Waals surface area contributed by atoms with E-state index in [4.69, 9.17) is 0 Å². The second-order valence-electron chi connectivity index (χ2n) is 6.79. The summed E-state index contributed by atoms with van der Waals surface area (Å²) in [5.74, 6) is 1.51. The van der Waals surface area contributed by atoms with Crippen LogP contribution in [0.3, 0.4) is 0 Å². The smallest absolute Gasteiger partial charge is 0.315 e. The fraction of sp³-hybridized carbons (Fsp3) is 0.526. The van der Waals surface area contributed by atoms with Crippen LogP contribution in [0.15, 0.2) is 30.3 Å². The fourth-order valence-corrected chi connectivity index (χ4v) is 5.56. The molecule has 3 N–H and O–H groups in total. The van der Waals surface area contributed by atoms with Gasteiger partial charge in [-0.1, -0.05) is 48.5 Å². The number of carbonyl (C=O) groups excluding carboxylic acids is 3. The summed E-state index contributed by atoms with van der Waals surface area (Å²) in [5, 5.41) is 9.03. The minimum Gasteiger partial charge on any atom is -0.348 e. The van der Waals surface area contributed by atoms with E-state index in [0.717, 1.165) is 30.6 Å². The molecule has 0 aliphatic carbocycles. The molecule has 27 heavy (non-hydrogen) atoms. The second kappa shape index (κ2) is 10.0. The molecular formula is C19H25N3O3S2. The lowest BCUT2D eigenvalue weighted by Crippen LogP contribution is -2.36. The number of carbonyl (C=O) groups is 3. The summed E-state index contributed by atoms with van der Waals surface area (Å²) in [4.78, 5) is 35.1. The van der Waals surface area contributed by atoms with Crippen molar-refractivity contribution in [3.8, 4) is 0 Å². The molecule has 3 amide bonds. The third-order valence-electron chi connectivity index (χ3n) is 4.75. The summed E-state index contributed by atoms with van der Waals surface area (Å²) in [7, 11) is 0. The summed E-state index contributed by atoms with van der Waals surface area (Å²) in [6.45, 7) is 0.0796. The van der Waals surface area contributed by atoms with Crippen LogP contribution in [-0.2, 0) is 15.3 Å². The molecule has 146 valence electrons. The van der Waals surface area contributed by atoms with Crippen molar-refractivity contribution < 1.29 is 14.4 Å². The first kappa shape index (κ1) is 20.1. The number of fused-ring (bicyclic) bond motifs is 1. The Balaban J connectivity index is 1.23. The standard InChI is InChI=1S/C19H25N3O3S2/c23-16(20-10-17(24)27-11-13-6-2-1-3-7-13)9-5-4-8-15-18-14(12-26-15)21-19(25)22-18/h1-3,6-7,14-15,18H,4-5,8-12H2,(H,20,23)(H2,21,22,25)/t14-,15-,18-/m0/s1. The molecule has 0 spiro atoms. The number of thioether (sulfide) groups is 2. The van der Waals surface area contributed by atoms with E-state index in [-0.39, 0.29) is 35.7 Å². The van der Waals surface area contributed by atoms with E-state index in [0.29, 0.717) is 17.4 Å². The summed E-state index contributed by atoms with van der Waals surface area (Å²) in [6, 6.07) is 10.2. The van der Waals surface area contributed by atoms with Crippen molar-refractivity contribution in [1.82, 2.24) is 16.0 Å². The van der Waals surface area contributed by atoms with Gasteiger partial charge in [-0.2, -0.15) is 11.8 Å². The van der Waals surface area contributed by atoms with Gasteiger partial charge >= 0.3 is 6.03 Å². The molecule has 2 fully saturated rings. The molecule has 0 radical (unpaired) electrons. The molecule has 2 heterocycles. The number of unbranched alkanes of at least 4 members (excludes halogenated alkanes) is 1. The predicted octanol–water partition coefficient (Wildman–Crippen LogP) is 2.29. The van der Waals surface area contributed by atoms with Crippen LogP contribution in [0.4, 0.5) is 4.79 Å². The zero-order chi connectivity index (χ0) is 19.1. The van der Waals surface area contributed by atoms with Gasteiger partial charge in [0.05, 0.1) is 18.6 Å². The van der Waals surface area contributed by atoms with Crippen molar-refractivity contribution in [2.75, 3.05) is 12.3 Å². The number of nitrogens with one attached hydrogen (secondary N) is 3. The second-order valence-corrected chi connectivity index (χ2v) is 9.10. The van der Waals surface area contributed by atoms with E-state index < -0.39 is 0 Å². The molecule has 0 aromatic heterocycles. The highest BCUT2D eigenvalue weighted by molar-refractivity contribution is 8.13. The van der Waals surface area contributed by atoms with Gasteiger partial charge < -0.3 is 16.0 Å². The molecule has 6 nitrogen and oxygen atoms in total. The van der Waals surface area contributed by atoms with Gasteiger partial charge in [0, 0.05) is 23.2 Å². The quantitative estimate of drug-likeness (QED) is 0.432. The minimum absolute atomic E-state index is 0.0231. The van der Waals surface area contributed by atoms with E-state index in [1.54, 1.807) is 0 Å². The molecule has 1 aromatic carbocycles. The van der Waals surface area contributed by atoms with E-state index in [9.17, 15) is 14.4 Å². The Kier molecular flexibility index (Phi) is 7.46. The number of hydrogen-bond donors (Lipinski definition) is 3.